The van der Waals surface area contributed by atoms with Gasteiger partial charge in [0.05, 0.1) is 13.2 Å². The number of carbonyl (C=O) groups excluding carboxylic acids is 2. The predicted octanol–water partition coefficient (Wildman–Crippen LogP) is 10.4. The van der Waals surface area contributed by atoms with Gasteiger partial charge in [-0.3, -0.25) is 0 Å². The Morgan fingerprint density at radius 1 is 0.378 bits per heavy atom. The first-order valence-electron chi connectivity index (χ1n) is 16.2. The van der Waals surface area contributed by atoms with E-state index < -0.39 is 0 Å². The zero-order valence-electron chi connectivity index (χ0n) is 25.3. The van der Waals surface area contributed by atoms with E-state index in [9.17, 15) is 9.59 Å². The summed E-state index contributed by atoms with van der Waals surface area (Å²) in [6, 6.07) is 0. The third-order valence-corrected chi connectivity index (χ3v) is 7.13. The van der Waals surface area contributed by atoms with Gasteiger partial charge in [0.1, 0.15) is 0 Å². The van der Waals surface area contributed by atoms with Crippen molar-refractivity contribution in [3.8, 4) is 0 Å². The van der Waals surface area contributed by atoms with E-state index in [1.54, 1.807) is 0 Å². The third-order valence-electron chi connectivity index (χ3n) is 7.13. The third kappa shape index (κ3) is 21.3. The van der Waals surface area contributed by atoms with E-state index in [-0.39, 0.29) is 11.9 Å². The summed E-state index contributed by atoms with van der Waals surface area (Å²) < 4.78 is 11.4. The summed E-state index contributed by atoms with van der Waals surface area (Å²) in [4.78, 5) is 26.4. The molecule has 0 radical (unpaired) electrons. The van der Waals surface area contributed by atoms with Crippen LogP contribution in [0.4, 0.5) is 0 Å². The number of ether oxygens (including phenoxy) is 2. The molecule has 0 aromatic heterocycles. The van der Waals surface area contributed by atoms with Gasteiger partial charge in [0.25, 0.3) is 0 Å². The lowest BCUT2D eigenvalue weighted by molar-refractivity contribution is -0.142. The minimum absolute atomic E-state index is 0.287. The lowest BCUT2D eigenvalue weighted by Gasteiger charge is -2.15. The second kappa shape index (κ2) is 27.7. The molecule has 0 heterocycles. The standard InChI is InChI=1S/C33H62O4/c1-5-9-13-16-19-23-27-31(33(35)37-29-25-21-18-15-11-7-3)30(26-22-12-8-4)32(34)36-28-24-20-17-14-10-6-2/h5-29H2,1-4H3/b31-30-. The molecule has 0 aromatic carbocycles. The van der Waals surface area contributed by atoms with Gasteiger partial charge in [-0.1, -0.05) is 137 Å². The van der Waals surface area contributed by atoms with Crippen molar-refractivity contribution in [3.63, 3.8) is 0 Å². The van der Waals surface area contributed by atoms with Crippen molar-refractivity contribution < 1.29 is 19.1 Å². The van der Waals surface area contributed by atoms with Crippen molar-refractivity contribution in [3.05, 3.63) is 11.1 Å². The van der Waals surface area contributed by atoms with Gasteiger partial charge >= 0.3 is 11.9 Å². The van der Waals surface area contributed by atoms with Crippen LogP contribution in [0.15, 0.2) is 11.1 Å². The average Bonchev–Trinajstić information content (AvgIpc) is 2.90. The maximum atomic E-state index is 13.2. The molecule has 0 aliphatic rings. The Bertz CT molecular complexity index is 567. The molecular formula is C33H62O4. The Morgan fingerprint density at radius 3 is 1.03 bits per heavy atom. The van der Waals surface area contributed by atoms with Crippen LogP contribution in [0.2, 0.25) is 0 Å². The maximum absolute atomic E-state index is 13.2. The Labute approximate surface area is 230 Å². The zero-order chi connectivity index (χ0) is 27.4. The highest BCUT2D eigenvalue weighted by Crippen LogP contribution is 2.23. The summed E-state index contributed by atoms with van der Waals surface area (Å²) in [6.07, 6.45) is 25.0. The molecule has 0 aromatic rings. The summed E-state index contributed by atoms with van der Waals surface area (Å²) in [5, 5.41) is 0. The number of carbonyl (C=O) groups is 2. The summed E-state index contributed by atoms with van der Waals surface area (Å²) in [6.45, 7) is 9.71. The van der Waals surface area contributed by atoms with Crippen LogP contribution in [0.25, 0.3) is 0 Å². The number of hydrogen-bond acceptors (Lipinski definition) is 4. The van der Waals surface area contributed by atoms with Crippen LogP contribution < -0.4 is 0 Å². The summed E-state index contributed by atoms with van der Waals surface area (Å²) >= 11 is 0. The molecule has 0 amide bonds. The van der Waals surface area contributed by atoms with Crippen molar-refractivity contribution in [1.82, 2.24) is 0 Å². The number of unbranched alkanes of at least 4 members (excludes halogenated alkanes) is 17. The van der Waals surface area contributed by atoms with Crippen molar-refractivity contribution in [2.75, 3.05) is 13.2 Å². The van der Waals surface area contributed by atoms with Crippen LogP contribution in [-0.4, -0.2) is 25.2 Å². The van der Waals surface area contributed by atoms with E-state index in [0.29, 0.717) is 37.2 Å². The van der Waals surface area contributed by atoms with E-state index >= 15 is 0 Å². The molecule has 0 unspecified atom stereocenters. The fourth-order valence-electron chi connectivity index (χ4n) is 4.65. The van der Waals surface area contributed by atoms with Gasteiger partial charge in [0.15, 0.2) is 0 Å². The molecule has 0 spiro atoms. The van der Waals surface area contributed by atoms with Gasteiger partial charge < -0.3 is 9.47 Å². The van der Waals surface area contributed by atoms with Crippen LogP contribution >= 0.6 is 0 Å². The van der Waals surface area contributed by atoms with E-state index in [1.807, 2.05) is 0 Å². The Morgan fingerprint density at radius 2 is 0.649 bits per heavy atom. The number of rotatable bonds is 27. The van der Waals surface area contributed by atoms with Crippen molar-refractivity contribution in [2.45, 2.75) is 175 Å². The summed E-state index contributed by atoms with van der Waals surface area (Å²) in [5.74, 6) is -0.577. The molecule has 0 bridgehead atoms. The fourth-order valence-corrected chi connectivity index (χ4v) is 4.65. The molecule has 0 aliphatic heterocycles. The lowest BCUT2D eigenvalue weighted by Crippen LogP contribution is -2.18. The minimum atomic E-state index is -0.290. The van der Waals surface area contributed by atoms with Crippen molar-refractivity contribution in [2.24, 2.45) is 0 Å². The second-order valence-corrected chi connectivity index (χ2v) is 10.7. The molecule has 0 fully saturated rings. The van der Waals surface area contributed by atoms with E-state index in [0.717, 1.165) is 57.8 Å². The van der Waals surface area contributed by atoms with Crippen LogP contribution in [0.5, 0.6) is 0 Å². The fraction of sp³-hybridized carbons (Fsp3) is 0.879. The number of esters is 2. The molecule has 0 atom stereocenters. The van der Waals surface area contributed by atoms with Crippen LogP contribution in [0.3, 0.4) is 0 Å². The Hall–Kier alpha value is -1.32. The molecule has 0 aliphatic carbocycles. The molecule has 0 saturated carbocycles. The van der Waals surface area contributed by atoms with Gasteiger partial charge in [0, 0.05) is 11.1 Å². The van der Waals surface area contributed by atoms with E-state index in [2.05, 4.69) is 27.7 Å². The molecule has 4 nitrogen and oxygen atoms in total. The first-order valence-corrected chi connectivity index (χ1v) is 16.2. The largest absolute Gasteiger partial charge is 0.462 e. The lowest BCUT2D eigenvalue weighted by atomic mass is 9.96. The monoisotopic (exact) mass is 522 g/mol. The first kappa shape index (κ1) is 35.7. The molecule has 0 saturated heterocycles. The molecule has 218 valence electrons. The Kier molecular flexibility index (Phi) is 26.7. The Balaban J connectivity index is 5.16. The molecular weight excluding hydrogens is 460 g/mol. The number of hydrogen-bond donors (Lipinski definition) is 0. The van der Waals surface area contributed by atoms with E-state index in [1.165, 1.54) is 77.0 Å². The quantitative estimate of drug-likeness (QED) is 0.0611. The summed E-state index contributed by atoms with van der Waals surface area (Å²) in [7, 11) is 0. The highest BCUT2D eigenvalue weighted by Gasteiger charge is 2.23. The molecule has 4 heteroatoms. The normalized spacial score (nSPS) is 11.9. The predicted molar refractivity (Wildman–Crippen MR) is 158 cm³/mol. The van der Waals surface area contributed by atoms with Gasteiger partial charge in [-0.05, 0) is 38.5 Å². The highest BCUT2D eigenvalue weighted by atomic mass is 16.5. The minimum Gasteiger partial charge on any atom is -0.462 e. The SMILES string of the molecule is CCCCCCCCOC(=O)/C(CCCCC)=C(/CCCCCCCC)C(=O)OCCCCCCCC. The van der Waals surface area contributed by atoms with Gasteiger partial charge in [-0.25, -0.2) is 9.59 Å². The first-order chi connectivity index (χ1) is 18.1. The molecule has 0 N–H and O–H groups in total. The van der Waals surface area contributed by atoms with Crippen molar-refractivity contribution in [1.29, 1.82) is 0 Å². The zero-order valence-corrected chi connectivity index (χ0v) is 25.3. The van der Waals surface area contributed by atoms with Gasteiger partial charge in [-0.15, -0.1) is 0 Å². The van der Waals surface area contributed by atoms with Crippen LogP contribution in [0, 0.1) is 0 Å². The highest BCUT2D eigenvalue weighted by molar-refractivity contribution is 6.00. The van der Waals surface area contributed by atoms with Crippen LogP contribution in [-0.2, 0) is 19.1 Å². The van der Waals surface area contributed by atoms with Gasteiger partial charge in [-0.2, -0.15) is 0 Å². The summed E-state index contributed by atoms with van der Waals surface area (Å²) in [5.41, 5.74) is 1.17. The van der Waals surface area contributed by atoms with Crippen molar-refractivity contribution >= 4 is 11.9 Å². The smallest absolute Gasteiger partial charge is 0.334 e. The maximum Gasteiger partial charge on any atom is 0.334 e. The molecule has 37 heavy (non-hydrogen) atoms. The van der Waals surface area contributed by atoms with Crippen LogP contribution in [0.1, 0.15) is 175 Å². The van der Waals surface area contributed by atoms with E-state index in [4.69, 9.17) is 9.47 Å². The topological polar surface area (TPSA) is 52.6 Å². The average molecular weight is 523 g/mol. The van der Waals surface area contributed by atoms with Gasteiger partial charge in [0.2, 0.25) is 0 Å². The second-order valence-electron chi connectivity index (χ2n) is 10.7. The molecule has 0 rings (SSSR count).